The van der Waals surface area contributed by atoms with Gasteiger partial charge >= 0.3 is 0 Å². The summed E-state index contributed by atoms with van der Waals surface area (Å²) in [6.07, 6.45) is 5.52. The van der Waals surface area contributed by atoms with E-state index in [9.17, 15) is 0 Å². The van der Waals surface area contributed by atoms with Crippen LogP contribution in [0.15, 0.2) is 30.6 Å². The number of aromatic nitrogens is 3. The molecule has 2 aromatic rings. The molecule has 0 N–H and O–H groups in total. The quantitative estimate of drug-likeness (QED) is 0.663. The van der Waals surface area contributed by atoms with E-state index in [1.807, 2.05) is 12.1 Å². The summed E-state index contributed by atoms with van der Waals surface area (Å²) in [7, 11) is 0. The number of nitriles is 1. The zero-order chi connectivity index (χ0) is 9.80. The van der Waals surface area contributed by atoms with Gasteiger partial charge in [-0.15, -0.1) is 0 Å². The van der Waals surface area contributed by atoms with Gasteiger partial charge in [-0.1, -0.05) is 6.07 Å². The van der Waals surface area contributed by atoms with Gasteiger partial charge in [-0.2, -0.15) is 5.26 Å². The van der Waals surface area contributed by atoms with E-state index in [1.54, 1.807) is 18.3 Å². The fraction of sp³-hybridized carbons (Fsp3) is 0. The first-order chi connectivity index (χ1) is 6.92. The minimum atomic E-state index is 0.405. The van der Waals surface area contributed by atoms with E-state index >= 15 is 0 Å². The molecule has 4 heteroatoms. The smallest absolute Gasteiger partial charge is 0.198 e. The predicted molar refractivity (Wildman–Crippen MR) is 48.8 cm³/mol. The topological polar surface area (TPSA) is 62.5 Å². The van der Waals surface area contributed by atoms with Crippen LogP contribution in [0.25, 0.3) is 11.4 Å². The Hall–Kier alpha value is -2.28. The molecule has 65 valence electrons. The van der Waals surface area contributed by atoms with Crippen molar-refractivity contribution in [2.75, 3.05) is 0 Å². The summed E-state index contributed by atoms with van der Waals surface area (Å²) in [6, 6.07) is 7.44. The van der Waals surface area contributed by atoms with Crippen LogP contribution in [0.2, 0.25) is 0 Å². The van der Waals surface area contributed by atoms with Crippen molar-refractivity contribution in [1.82, 2.24) is 15.0 Å². The van der Waals surface area contributed by atoms with Gasteiger partial charge in [0.2, 0.25) is 0 Å². The van der Waals surface area contributed by atoms with Crippen molar-refractivity contribution in [2.24, 2.45) is 0 Å². The highest BCUT2D eigenvalue weighted by molar-refractivity contribution is 5.61. The number of rotatable bonds is 1. The highest BCUT2D eigenvalue weighted by Crippen LogP contribution is 2.15. The van der Waals surface area contributed by atoms with Gasteiger partial charge in [-0.3, -0.25) is 4.98 Å². The van der Waals surface area contributed by atoms with Crippen LogP contribution in [0.1, 0.15) is 5.56 Å². The molecule has 0 aliphatic heterocycles. The Morgan fingerprint density at radius 2 is 2.29 bits per heavy atom. The molecular weight excluding hydrogens is 176 g/mol. The molecule has 0 saturated heterocycles. The van der Waals surface area contributed by atoms with Gasteiger partial charge in [-0.05, 0) is 12.1 Å². The summed E-state index contributed by atoms with van der Waals surface area (Å²) in [6.45, 7) is 0. The first-order valence-electron chi connectivity index (χ1n) is 3.96. The lowest BCUT2D eigenvalue weighted by molar-refractivity contribution is 1.12. The second kappa shape index (κ2) is 3.62. The van der Waals surface area contributed by atoms with Crippen LogP contribution in [-0.4, -0.2) is 15.0 Å². The van der Waals surface area contributed by atoms with Crippen molar-refractivity contribution in [2.45, 2.75) is 0 Å². The number of hydrogen-bond donors (Lipinski definition) is 0. The van der Waals surface area contributed by atoms with Crippen LogP contribution in [-0.2, 0) is 0 Å². The maximum atomic E-state index is 8.81. The number of nitrogens with zero attached hydrogens (tertiary/aromatic N) is 4. The summed E-state index contributed by atoms with van der Waals surface area (Å²) in [5, 5.41) is 8.81. The summed E-state index contributed by atoms with van der Waals surface area (Å²) < 4.78 is 0. The number of pyridine rings is 1. The monoisotopic (exact) mass is 181 g/mol. The fourth-order valence-electron chi connectivity index (χ4n) is 1.07. The summed E-state index contributed by atoms with van der Waals surface area (Å²) in [4.78, 5) is 11.7. The van der Waals surface area contributed by atoms with Crippen LogP contribution in [0.5, 0.6) is 0 Å². The van der Waals surface area contributed by atoms with Gasteiger partial charge in [0.1, 0.15) is 11.8 Å². The normalized spacial score (nSPS) is 9.36. The van der Waals surface area contributed by atoms with E-state index in [2.05, 4.69) is 21.3 Å². The molecule has 0 saturated carbocycles. The van der Waals surface area contributed by atoms with E-state index in [0.29, 0.717) is 17.0 Å². The molecule has 2 aromatic heterocycles. The molecule has 4 nitrogen and oxygen atoms in total. The molecule has 0 aromatic carbocycles. The largest absolute Gasteiger partial charge is 0.255 e. The molecule has 14 heavy (non-hydrogen) atoms. The average molecular weight is 181 g/mol. The van der Waals surface area contributed by atoms with Gasteiger partial charge < -0.3 is 0 Å². The van der Waals surface area contributed by atoms with Crippen molar-refractivity contribution < 1.29 is 0 Å². The predicted octanol–water partition coefficient (Wildman–Crippen LogP) is 1.21. The van der Waals surface area contributed by atoms with Crippen molar-refractivity contribution in [3.8, 4) is 17.5 Å². The van der Waals surface area contributed by atoms with E-state index in [0.717, 1.165) is 0 Å². The van der Waals surface area contributed by atoms with E-state index in [4.69, 9.17) is 5.26 Å². The Morgan fingerprint density at radius 1 is 1.36 bits per heavy atom. The molecular formula is C10H5N4. The van der Waals surface area contributed by atoms with Crippen molar-refractivity contribution >= 4 is 0 Å². The van der Waals surface area contributed by atoms with Gasteiger partial charge in [0.05, 0.1) is 11.3 Å². The third-order valence-corrected chi connectivity index (χ3v) is 1.70. The third kappa shape index (κ3) is 1.43. The van der Waals surface area contributed by atoms with E-state index in [1.165, 1.54) is 6.20 Å². The summed E-state index contributed by atoms with van der Waals surface area (Å²) in [5.41, 5.74) is 1.58. The zero-order valence-electron chi connectivity index (χ0n) is 7.18. The van der Waals surface area contributed by atoms with Crippen LogP contribution < -0.4 is 0 Å². The van der Waals surface area contributed by atoms with Crippen LogP contribution in [0.4, 0.5) is 0 Å². The van der Waals surface area contributed by atoms with Crippen LogP contribution in [0, 0.1) is 17.7 Å². The molecule has 0 aliphatic rings. The SMILES string of the molecule is N#Cc1cn[c]nc1-c1ccccn1. The Balaban J connectivity index is 2.58. The minimum Gasteiger partial charge on any atom is -0.255 e. The molecule has 1 radical (unpaired) electrons. The molecule has 0 fully saturated rings. The van der Waals surface area contributed by atoms with E-state index < -0.39 is 0 Å². The molecule has 0 aliphatic carbocycles. The second-order valence-corrected chi connectivity index (χ2v) is 2.56. The average Bonchev–Trinajstić information content (AvgIpc) is 2.30. The summed E-state index contributed by atoms with van der Waals surface area (Å²) in [5.74, 6) is 0. The highest BCUT2D eigenvalue weighted by atomic mass is 14.8. The van der Waals surface area contributed by atoms with Gasteiger partial charge in [0, 0.05) is 12.4 Å². The Labute approximate surface area is 80.9 Å². The lowest BCUT2D eigenvalue weighted by Crippen LogP contribution is -1.92. The first kappa shape index (κ1) is 8.32. The molecule has 2 rings (SSSR count). The summed E-state index contributed by atoms with van der Waals surface area (Å²) >= 11 is 0. The molecule has 0 atom stereocenters. The van der Waals surface area contributed by atoms with Crippen molar-refractivity contribution in [3.05, 3.63) is 42.5 Å². The first-order valence-corrected chi connectivity index (χ1v) is 3.96. The zero-order valence-corrected chi connectivity index (χ0v) is 7.18. The fourth-order valence-corrected chi connectivity index (χ4v) is 1.07. The van der Waals surface area contributed by atoms with Gasteiger partial charge in [0.25, 0.3) is 0 Å². The maximum absolute atomic E-state index is 8.81. The molecule has 0 spiro atoms. The Morgan fingerprint density at radius 3 is 3.00 bits per heavy atom. The Kier molecular flexibility index (Phi) is 2.15. The highest BCUT2D eigenvalue weighted by Gasteiger charge is 2.06. The molecule has 0 unspecified atom stereocenters. The van der Waals surface area contributed by atoms with E-state index in [-0.39, 0.29) is 0 Å². The number of hydrogen-bond acceptors (Lipinski definition) is 4. The molecule has 0 bridgehead atoms. The van der Waals surface area contributed by atoms with Gasteiger partial charge in [0.15, 0.2) is 6.33 Å². The van der Waals surface area contributed by atoms with Crippen molar-refractivity contribution in [1.29, 1.82) is 5.26 Å². The third-order valence-electron chi connectivity index (χ3n) is 1.70. The Bertz CT molecular complexity index is 473. The van der Waals surface area contributed by atoms with Gasteiger partial charge in [-0.25, -0.2) is 9.97 Å². The maximum Gasteiger partial charge on any atom is 0.198 e. The minimum absolute atomic E-state index is 0.405. The standard InChI is InChI=1S/C10H5N4/c11-5-8-6-12-7-14-10(8)9-3-1-2-4-13-9/h1-4,6H. The second-order valence-electron chi connectivity index (χ2n) is 2.56. The molecule has 2 heterocycles. The molecule has 0 amide bonds. The van der Waals surface area contributed by atoms with Crippen LogP contribution in [0.3, 0.4) is 0 Å². The van der Waals surface area contributed by atoms with Crippen LogP contribution >= 0.6 is 0 Å². The van der Waals surface area contributed by atoms with Crippen molar-refractivity contribution in [3.63, 3.8) is 0 Å². The lowest BCUT2D eigenvalue weighted by atomic mass is 10.2. The lowest BCUT2D eigenvalue weighted by Gasteiger charge is -1.98.